The molecule has 1 N–H and O–H groups in total. The van der Waals surface area contributed by atoms with Crippen molar-refractivity contribution in [2.75, 3.05) is 35.6 Å². The number of anilines is 2. The molecule has 5 heteroatoms. The third-order valence-corrected chi connectivity index (χ3v) is 5.34. The first-order chi connectivity index (χ1) is 9.96. The molecule has 1 aromatic rings. The van der Waals surface area contributed by atoms with Gasteiger partial charge in [0.25, 0.3) is 0 Å². The van der Waals surface area contributed by atoms with Crippen molar-refractivity contribution >= 4 is 23.4 Å². The molecule has 0 radical (unpaired) electrons. The lowest BCUT2D eigenvalue weighted by atomic mass is 10.1. The summed E-state index contributed by atoms with van der Waals surface area (Å²) in [6.07, 6.45) is 2.07. The van der Waals surface area contributed by atoms with Gasteiger partial charge in [0.2, 0.25) is 0 Å². The maximum absolute atomic E-state index is 4.81. The smallest absolute Gasteiger partial charge is 0.137 e. The van der Waals surface area contributed by atoms with E-state index in [0.29, 0.717) is 4.75 Å². The fourth-order valence-corrected chi connectivity index (χ4v) is 3.69. The molecule has 4 nitrogen and oxygen atoms in total. The minimum absolute atomic E-state index is 0.369. The van der Waals surface area contributed by atoms with Crippen LogP contribution in [-0.4, -0.2) is 40.1 Å². The van der Waals surface area contributed by atoms with Crippen LogP contribution in [0.25, 0.3) is 0 Å². The molecule has 1 fully saturated rings. The second-order valence-corrected chi connectivity index (χ2v) is 7.97. The molecule has 0 aromatic carbocycles. The highest BCUT2D eigenvalue weighted by Crippen LogP contribution is 2.33. The lowest BCUT2D eigenvalue weighted by Crippen LogP contribution is -2.29. The summed E-state index contributed by atoms with van der Waals surface area (Å²) in [7, 11) is 0. The van der Waals surface area contributed by atoms with E-state index in [0.717, 1.165) is 49.3 Å². The number of thioether (sulfide) groups is 1. The molecule has 1 aromatic heterocycles. The number of aromatic nitrogens is 2. The minimum atomic E-state index is 0.369. The molecule has 0 bridgehead atoms. The lowest BCUT2D eigenvalue weighted by Gasteiger charge is -2.26. The van der Waals surface area contributed by atoms with Crippen LogP contribution in [0.4, 0.5) is 11.6 Å². The fourth-order valence-electron chi connectivity index (χ4n) is 2.59. The number of aryl methyl sites for hydroxylation is 1. The normalized spacial score (nSPS) is 18.4. The number of hydrogen-bond acceptors (Lipinski definition) is 5. The molecular formula is C16H28N4S. The van der Waals surface area contributed by atoms with Gasteiger partial charge in [-0.3, -0.25) is 0 Å². The van der Waals surface area contributed by atoms with E-state index in [1.54, 1.807) is 0 Å². The zero-order valence-corrected chi connectivity index (χ0v) is 14.8. The van der Waals surface area contributed by atoms with Crippen LogP contribution in [0.3, 0.4) is 0 Å². The summed E-state index contributed by atoms with van der Waals surface area (Å²) < 4.78 is 0.369. The summed E-state index contributed by atoms with van der Waals surface area (Å²) in [6.45, 7) is 14.1. The Kier molecular flexibility index (Phi) is 5.36. The second-order valence-electron chi connectivity index (χ2n) is 6.17. The molecule has 118 valence electrons. The Morgan fingerprint density at radius 1 is 1.24 bits per heavy atom. The van der Waals surface area contributed by atoms with E-state index in [2.05, 4.69) is 61.6 Å². The van der Waals surface area contributed by atoms with Gasteiger partial charge >= 0.3 is 0 Å². The van der Waals surface area contributed by atoms with E-state index in [1.165, 1.54) is 12.0 Å². The van der Waals surface area contributed by atoms with Crippen LogP contribution in [0.5, 0.6) is 0 Å². The monoisotopic (exact) mass is 308 g/mol. The van der Waals surface area contributed by atoms with E-state index in [4.69, 9.17) is 4.98 Å². The quantitative estimate of drug-likeness (QED) is 0.922. The lowest BCUT2D eigenvalue weighted by molar-refractivity contribution is 0.633. The number of rotatable bonds is 4. The van der Waals surface area contributed by atoms with E-state index in [9.17, 15) is 0 Å². The average molecular weight is 308 g/mol. The SMILES string of the molecule is CCNc1nc(CC)nc(N2CCSC(C)(C)CC2)c1C. The Morgan fingerprint density at radius 2 is 2.00 bits per heavy atom. The molecular weight excluding hydrogens is 280 g/mol. The van der Waals surface area contributed by atoms with Crippen molar-refractivity contribution in [2.45, 2.75) is 52.2 Å². The molecule has 21 heavy (non-hydrogen) atoms. The summed E-state index contributed by atoms with van der Waals surface area (Å²) >= 11 is 2.07. The third-order valence-electron chi connectivity index (χ3n) is 3.96. The van der Waals surface area contributed by atoms with Crippen molar-refractivity contribution in [1.82, 2.24) is 9.97 Å². The van der Waals surface area contributed by atoms with Crippen molar-refractivity contribution in [1.29, 1.82) is 0 Å². The summed E-state index contributed by atoms with van der Waals surface area (Å²) in [5.74, 6) is 4.21. The Balaban J connectivity index is 2.31. The Morgan fingerprint density at radius 3 is 2.67 bits per heavy atom. The van der Waals surface area contributed by atoms with Crippen LogP contribution in [-0.2, 0) is 6.42 Å². The molecule has 0 atom stereocenters. The average Bonchev–Trinajstić information content (AvgIpc) is 2.62. The van der Waals surface area contributed by atoms with Crippen LogP contribution in [0.15, 0.2) is 0 Å². The van der Waals surface area contributed by atoms with E-state index >= 15 is 0 Å². The van der Waals surface area contributed by atoms with Crippen LogP contribution in [0.1, 0.15) is 45.5 Å². The largest absolute Gasteiger partial charge is 0.370 e. The zero-order valence-electron chi connectivity index (χ0n) is 14.0. The Labute approximate surface area is 133 Å². The van der Waals surface area contributed by atoms with E-state index in [1.807, 2.05) is 0 Å². The molecule has 2 heterocycles. The van der Waals surface area contributed by atoms with Crippen molar-refractivity contribution in [3.63, 3.8) is 0 Å². The van der Waals surface area contributed by atoms with Gasteiger partial charge in [-0.2, -0.15) is 11.8 Å². The van der Waals surface area contributed by atoms with Crippen LogP contribution in [0.2, 0.25) is 0 Å². The predicted molar refractivity (Wildman–Crippen MR) is 93.7 cm³/mol. The number of hydrogen-bond donors (Lipinski definition) is 1. The molecule has 0 amide bonds. The maximum atomic E-state index is 4.81. The van der Waals surface area contributed by atoms with Gasteiger partial charge in [-0.15, -0.1) is 0 Å². The van der Waals surface area contributed by atoms with Crippen molar-refractivity contribution in [3.8, 4) is 0 Å². The van der Waals surface area contributed by atoms with Crippen molar-refractivity contribution in [2.24, 2.45) is 0 Å². The fraction of sp³-hybridized carbons (Fsp3) is 0.750. The first-order valence-corrected chi connectivity index (χ1v) is 8.95. The van der Waals surface area contributed by atoms with Gasteiger partial charge in [-0.1, -0.05) is 20.8 Å². The molecule has 2 rings (SSSR count). The minimum Gasteiger partial charge on any atom is -0.370 e. The van der Waals surface area contributed by atoms with E-state index < -0.39 is 0 Å². The van der Waals surface area contributed by atoms with Gasteiger partial charge in [-0.25, -0.2) is 9.97 Å². The Hall–Kier alpha value is -0.970. The molecule has 0 spiro atoms. The number of nitrogens with one attached hydrogen (secondary N) is 1. The summed E-state index contributed by atoms with van der Waals surface area (Å²) in [5, 5.41) is 3.38. The van der Waals surface area contributed by atoms with Gasteiger partial charge in [0.1, 0.15) is 17.5 Å². The third kappa shape index (κ3) is 4.02. The summed E-state index contributed by atoms with van der Waals surface area (Å²) in [5.41, 5.74) is 1.18. The second kappa shape index (κ2) is 6.86. The highest BCUT2D eigenvalue weighted by atomic mass is 32.2. The Bertz CT molecular complexity index is 487. The molecule has 1 aliphatic rings. The summed E-state index contributed by atoms with van der Waals surface area (Å²) in [6, 6.07) is 0. The molecule has 0 aliphatic carbocycles. The van der Waals surface area contributed by atoms with Crippen molar-refractivity contribution < 1.29 is 0 Å². The zero-order chi connectivity index (χ0) is 15.5. The van der Waals surface area contributed by atoms with Crippen LogP contribution < -0.4 is 10.2 Å². The first kappa shape index (κ1) is 16.4. The van der Waals surface area contributed by atoms with Crippen molar-refractivity contribution in [3.05, 3.63) is 11.4 Å². The number of nitrogens with zero attached hydrogens (tertiary/aromatic N) is 3. The maximum Gasteiger partial charge on any atom is 0.137 e. The molecule has 0 unspecified atom stereocenters. The van der Waals surface area contributed by atoms with Gasteiger partial charge in [0.05, 0.1) is 0 Å². The standard InChI is InChI=1S/C16H28N4S/c1-6-13-18-14(17-7-2)12(3)15(19-13)20-9-8-16(4,5)21-11-10-20/h6-11H2,1-5H3,(H,17,18,19). The topological polar surface area (TPSA) is 41.1 Å². The molecule has 1 saturated heterocycles. The highest BCUT2D eigenvalue weighted by molar-refractivity contribution is 8.00. The van der Waals surface area contributed by atoms with Crippen LogP contribution in [0, 0.1) is 6.92 Å². The predicted octanol–water partition coefficient (Wildman–Crippen LogP) is 3.50. The summed E-state index contributed by atoms with van der Waals surface area (Å²) in [4.78, 5) is 11.9. The van der Waals surface area contributed by atoms with Gasteiger partial charge in [0.15, 0.2) is 0 Å². The van der Waals surface area contributed by atoms with Gasteiger partial charge < -0.3 is 10.2 Å². The van der Waals surface area contributed by atoms with Gasteiger partial charge in [0, 0.05) is 42.1 Å². The molecule has 1 aliphatic heterocycles. The highest BCUT2D eigenvalue weighted by Gasteiger charge is 2.25. The van der Waals surface area contributed by atoms with Gasteiger partial charge in [-0.05, 0) is 20.3 Å². The first-order valence-electron chi connectivity index (χ1n) is 7.97. The van der Waals surface area contributed by atoms with E-state index in [-0.39, 0.29) is 0 Å². The van der Waals surface area contributed by atoms with Crippen LogP contribution >= 0.6 is 11.8 Å². The molecule has 0 saturated carbocycles.